The first-order chi connectivity index (χ1) is 12.6. The SMILES string of the molecule is COC(=O)CCCNc1ncnc2c1ncn2C1OC(CO)C(O)C1O. The van der Waals surface area contributed by atoms with E-state index in [1.54, 1.807) is 0 Å². The highest BCUT2D eigenvalue weighted by atomic mass is 16.6. The lowest BCUT2D eigenvalue weighted by molar-refractivity contribution is -0.140. The second-order valence-electron chi connectivity index (χ2n) is 5.88. The lowest BCUT2D eigenvalue weighted by Gasteiger charge is -2.16. The largest absolute Gasteiger partial charge is 0.469 e. The van der Waals surface area contributed by atoms with Crippen molar-refractivity contribution >= 4 is 23.0 Å². The highest BCUT2D eigenvalue weighted by Gasteiger charge is 2.44. The molecule has 1 fully saturated rings. The Labute approximate surface area is 148 Å². The van der Waals surface area contributed by atoms with Crippen LogP contribution in [0.1, 0.15) is 19.1 Å². The third-order valence-electron chi connectivity index (χ3n) is 4.23. The summed E-state index contributed by atoms with van der Waals surface area (Å²) in [6.45, 7) is 0.0747. The van der Waals surface area contributed by atoms with Crippen molar-refractivity contribution in [3.63, 3.8) is 0 Å². The topological polar surface area (TPSA) is 152 Å². The Morgan fingerprint density at radius 3 is 2.85 bits per heavy atom. The van der Waals surface area contributed by atoms with E-state index in [1.807, 2.05) is 0 Å². The molecule has 1 saturated heterocycles. The van der Waals surface area contributed by atoms with Crippen LogP contribution in [-0.4, -0.2) is 79.4 Å². The molecule has 0 amide bonds. The van der Waals surface area contributed by atoms with E-state index >= 15 is 0 Å². The zero-order valence-corrected chi connectivity index (χ0v) is 14.1. The number of nitrogens with zero attached hydrogens (tertiary/aromatic N) is 4. The number of carbonyl (C=O) groups excluding carboxylic acids is 1. The summed E-state index contributed by atoms with van der Waals surface area (Å²) in [4.78, 5) is 23.7. The third-order valence-corrected chi connectivity index (χ3v) is 4.23. The molecule has 3 heterocycles. The number of aliphatic hydroxyl groups excluding tert-OH is 3. The van der Waals surface area contributed by atoms with E-state index in [4.69, 9.17) is 4.74 Å². The van der Waals surface area contributed by atoms with Crippen LogP contribution >= 0.6 is 0 Å². The molecule has 142 valence electrons. The summed E-state index contributed by atoms with van der Waals surface area (Å²) in [5.74, 6) is 0.193. The lowest BCUT2D eigenvalue weighted by atomic mass is 10.1. The fourth-order valence-corrected chi connectivity index (χ4v) is 2.82. The fourth-order valence-electron chi connectivity index (χ4n) is 2.82. The van der Waals surface area contributed by atoms with Gasteiger partial charge in [-0.3, -0.25) is 9.36 Å². The van der Waals surface area contributed by atoms with Gasteiger partial charge in [0.15, 0.2) is 23.2 Å². The van der Waals surface area contributed by atoms with Crippen molar-refractivity contribution < 1.29 is 29.6 Å². The molecule has 0 aliphatic carbocycles. The standard InChI is InChI=1S/C15H21N5O6/c1-25-9(22)3-2-4-16-13-10-14(18-6-17-13)20(7-19-10)15-12(24)11(23)8(5-21)26-15/h6-8,11-12,15,21,23-24H,2-5H2,1H3,(H,16,17,18). The van der Waals surface area contributed by atoms with E-state index in [2.05, 4.69) is 25.0 Å². The number of aliphatic hydroxyl groups is 3. The average molecular weight is 367 g/mol. The molecule has 11 heteroatoms. The van der Waals surface area contributed by atoms with Gasteiger partial charge in [0.1, 0.15) is 24.6 Å². The predicted octanol–water partition coefficient (Wildman–Crippen LogP) is -1.20. The van der Waals surface area contributed by atoms with Crippen LogP contribution in [0.3, 0.4) is 0 Å². The van der Waals surface area contributed by atoms with E-state index in [-0.39, 0.29) is 12.4 Å². The summed E-state index contributed by atoms with van der Waals surface area (Å²) in [5.41, 5.74) is 0.869. The second kappa shape index (κ2) is 7.91. The zero-order valence-electron chi connectivity index (χ0n) is 14.1. The minimum atomic E-state index is -1.23. The molecule has 4 atom stereocenters. The molecule has 2 aromatic heterocycles. The molecule has 4 N–H and O–H groups in total. The van der Waals surface area contributed by atoms with Crippen molar-refractivity contribution in [1.29, 1.82) is 0 Å². The van der Waals surface area contributed by atoms with Gasteiger partial charge in [0.25, 0.3) is 0 Å². The molecule has 0 spiro atoms. The van der Waals surface area contributed by atoms with Crippen molar-refractivity contribution in [3.05, 3.63) is 12.7 Å². The highest BCUT2D eigenvalue weighted by Crippen LogP contribution is 2.32. The Morgan fingerprint density at radius 2 is 2.15 bits per heavy atom. The average Bonchev–Trinajstić information content (AvgIpc) is 3.20. The van der Waals surface area contributed by atoms with Gasteiger partial charge in [-0.2, -0.15) is 0 Å². The third kappa shape index (κ3) is 3.46. The van der Waals surface area contributed by atoms with Crippen molar-refractivity contribution in [3.8, 4) is 0 Å². The molecule has 0 aromatic carbocycles. The van der Waals surface area contributed by atoms with E-state index in [9.17, 15) is 20.1 Å². The summed E-state index contributed by atoms with van der Waals surface area (Å²) in [6, 6.07) is 0. The molecular formula is C15H21N5O6. The van der Waals surface area contributed by atoms with Gasteiger partial charge in [0, 0.05) is 13.0 Å². The summed E-state index contributed by atoms with van der Waals surface area (Å²) >= 11 is 0. The molecule has 0 radical (unpaired) electrons. The van der Waals surface area contributed by atoms with Gasteiger partial charge < -0.3 is 30.1 Å². The number of anilines is 1. The molecule has 4 unspecified atom stereocenters. The Kier molecular flexibility index (Phi) is 5.61. The number of carbonyl (C=O) groups is 1. The minimum Gasteiger partial charge on any atom is -0.469 e. The van der Waals surface area contributed by atoms with Crippen LogP contribution in [0.25, 0.3) is 11.2 Å². The summed E-state index contributed by atoms with van der Waals surface area (Å²) in [6.07, 6.45) is -0.623. The van der Waals surface area contributed by atoms with Gasteiger partial charge in [0.2, 0.25) is 0 Å². The number of nitrogens with one attached hydrogen (secondary N) is 1. The van der Waals surface area contributed by atoms with Gasteiger partial charge in [-0.1, -0.05) is 0 Å². The second-order valence-corrected chi connectivity index (χ2v) is 5.88. The van der Waals surface area contributed by atoms with Crippen molar-refractivity contribution in [2.75, 3.05) is 25.6 Å². The van der Waals surface area contributed by atoms with Crippen molar-refractivity contribution in [2.45, 2.75) is 37.4 Å². The quantitative estimate of drug-likeness (QED) is 0.347. The van der Waals surface area contributed by atoms with Gasteiger partial charge in [-0.05, 0) is 6.42 Å². The highest BCUT2D eigenvalue weighted by molar-refractivity contribution is 5.82. The summed E-state index contributed by atoms with van der Waals surface area (Å²) in [7, 11) is 1.34. The van der Waals surface area contributed by atoms with E-state index in [0.717, 1.165) is 0 Å². The number of imidazole rings is 1. The minimum absolute atomic E-state index is 0.284. The number of methoxy groups -OCH3 is 1. The molecule has 11 nitrogen and oxygen atoms in total. The first-order valence-corrected chi connectivity index (χ1v) is 8.17. The first-order valence-electron chi connectivity index (χ1n) is 8.17. The number of hydrogen-bond donors (Lipinski definition) is 4. The normalized spacial score (nSPS) is 25.5. The molecule has 0 saturated carbocycles. The number of hydrogen-bond acceptors (Lipinski definition) is 10. The van der Waals surface area contributed by atoms with Crippen LogP contribution in [-0.2, 0) is 14.3 Å². The van der Waals surface area contributed by atoms with Gasteiger partial charge in [-0.25, -0.2) is 15.0 Å². The van der Waals surface area contributed by atoms with Crippen LogP contribution in [0, 0.1) is 0 Å². The molecule has 1 aliphatic rings. The van der Waals surface area contributed by atoms with Gasteiger partial charge in [-0.15, -0.1) is 0 Å². The van der Waals surface area contributed by atoms with Crippen LogP contribution < -0.4 is 5.32 Å². The lowest BCUT2D eigenvalue weighted by Crippen LogP contribution is -2.33. The Balaban J connectivity index is 1.75. The number of aromatic nitrogens is 4. The summed E-state index contributed by atoms with van der Waals surface area (Å²) < 4.78 is 11.6. The first kappa shape index (κ1) is 18.5. The zero-order chi connectivity index (χ0) is 18.7. The number of esters is 1. The predicted molar refractivity (Wildman–Crippen MR) is 88.1 cm³/mol. The molecule has 2 aromatic rings. The maximum Gasteiger partial charge on any atom is 0.305 e. The Morgan fingerprint density at radius 1 is 1.35 bits per heavy atom. The monoisotopic (exact) mass is 367 g/mol. The summed E-state index contributed by atoms with van der Waals surface area (Å²) in [5, 5.41) is 32.4. The Bertz CT molecular complexity index is 768. The molecule has 3 rings (SSSR count). The van der Waals surface area contributed by atoms with E-state index < -0.39 is 31.1 Å². The van der Waals surface area contributed by atoms with Crippen LogP contribution in [0.4, 0.5) is 5.82 Å². The van der Waals surface area contributed by atoms with Gasteiger partial charge in [0.05, 0.1) is 20.0 Å². The van der Waals surface area contributed by atoms with Gasteiger partial charge >= 0.3 is 5.97 Å². The maximum atomic E-state index is 11.1. The van der Waals surface area contributed by atoms with Crippen LogP contribution in [0.5, 0.6) is 0 Å². The number of fused-ring (bicyclic) bond motifs is 1. The number of ether oxygens (including phenoxy) is 2. The fraction of sp³-hybridized carbons (Fsp3) is 0.600. The van der Waals surface area contributed by atoms with Crippen LogP contribution in [0.2, 0.25) is 0 Å². The van der Waals surface area contributed by atoms with E-state index in [0.29, 0.717) is 29.9 Å². The maximum absolute atomic E-state index is 11.1. The van der Waals surface area contributed by atoms with Crippen LogP contribution in [0.15, 0.2) is 12.7 Å². The van der Waals surface area contributed by atoms with E-state index in [1.165, 1.54) is 24.3 Å². The molecular weight excluding hydrogens is 346 g/mol. The molecule has 26 heavy (non-hydrogen) atoms. The number of rotatable bonds is 7. The smallest absolute Gasteiger partial charge is 0.305 e. The van der Waals surface area contributed by atoms with Crippen molar-refractivity contribution in [1.82, 2.24) is 19.5 Å². The Hall–Kier alpha value is -2.34. The molecule has 0 bridgehead atoms. The molecule has 1 aliphatic heterocycles. The van der Waals surface area contributed by atoms with Crippen molar-refractivity contribution in [2.24, 2.45) is 0 Å².